The molecule has 4 rings (SSSR count). The molecule has 2 aromatic rings. The first-order chi connectivity index (χ1) is 16.9. The average Bonchev–Trinajstić information content (AvgIpc) is 2.84. The molecule has 0 saturated carbocycles. The number of hydrogen-bond donors (Lipinski definition) is 0. The smallest absolute Gasteiger partial charge is 0.243 e. The van der Waals surface area contributed by atoms with Gasteiger partial charge in [0.15, 0.2) is 19.7 Å². The molecule has 0 bridgehead atoms. The van der Waals surface area contributed by atoms with Gasteiger partial charge in [0.2, 0.25) is 10.0 Å². The van der Waals surface area contributed by atoms with Gasteiger partial charge >= 0.3 is 0 Å². The summed E-state index contributed by atoms with van der Waals surface area (Å²) in [6.45, 7) is 4.23. The van der Waals surface area contributed by atoms with Crippen LogP contribution in [0.5, 0.6) is 0 Å². The molecule has 12 heteroatoms. The molecule has 2 aromatic carbocycles. The van der Waals surface area contributed by atoms with Gasteiger partial charge in [-0.25, -0.2) is 25.3 Å². The van der Waals surface area contributed by atoms with E-state index in [9.17, 15) is 25.3 Å². The van der Waals surface area contributed by atoms with Crippen molar-refractivity contribution < 1.29 is 25.3 Å². The van der Waals surface area contributed by atoms with E-state index < -0.39 is 29.7 Å². The predicted molar refractivity (Wildman–Crippen MR) is 138 cm³/mol. The molecule has 0 unspecified atom stereocenters. The summed E-state index contributed by atoms with van der Waals surface area (Å²) in [6, 6.07) is 13.0. The SMILES string of the molecule is CS(=O)(=O)c1cccc(S(=O)(=O)N2CCN(C3CCN(Cc4ccccc4S(C)(=O)=O)CC3)CC2)c1. The molecule has 9 nitrogen and oxygen atoms in total. The van der Waals surface area contributed by atoms with Gasteiger partial charge in [-0.05, 0) is 55.8 Å². The quantitative estimate of drug-likeness (QED) is 0.505. The van der Waals surface area contributed by atoms with E-state index in [1.54, 1.807) is 12.1 Å². The second-order valence-electron chi connectivity index (χ2n) is 9.57. The lowest BCUT2D eigenvalue weighted by atomic mass is 10.0. The number of hydrogen-bond acceptors (Lipinski definition) is 8. The molecule has 2 heterocycles. The molecule has 0 aromatic heterocycles. The number of rotatable bonds is 7. The van der Waals surface area contributed by atoms with Gasteiger partial charge in [0.25, 0.3) is 0 Å². The Balaban J connectivity index is 1.33. The second kappa shape index (κ2) is 10.5. The van der Waals surface area contributed by atoms with Crippen LogP contribution in [0.1, 0.15) is 18.4 Å². The first-order valence-electron chi connectivity index (χ1n) is 11.9. The molecular weight excluding hydrogens is 522 g/mol. The zero-order valence-electron chi connectivity index (χ0n) is 20.6. The molecule has 2 saturated heterocycles. The third kappa shape index (κ3) is 6.17. The van der Waals surface area contributed by atoms with Gasteiger partial charge < -0.3 is 0 Å². The monoisotopic (exact) mass is 555 g/mol. The van der Waals surface area contributed by atoms with Gasteiger partial charge in [0.1, 0.15) is 0 Å². The van der Waals surface area contributed by atoms with E-state index in [0.29, 0.717) is 43.7 Å². The average molecular weight is 556 g/mol. The Morgan fingerprint density at radius 1 is 0.722 bits per heavy atom. The lowest BCUT2D eigenvalue weighted by molar-refractivity contribution is 0.0783. The van der Waals surface area contributed by atoms with Crippen LogP contribution in [0.4, 0.5) is 0 Å². The fourth-order valence-corrected chi connectivity index (χ4v) is 8.15. The maximum absolute atomic E-state index is 13.1. The Labute approximate surface area is 214 Å². The van der Waals surface area contributed by atoms with Crippen LogP contribution in [-0.2, 0) is 36.2 Å². The summed E-state index contributed by atoms with van der Waals surface area (Å²) in [5.41, 5.74) is 0.817. The number of piperazine rings is 1. The summed E-state index contributed by atoms with van der Waals surface area (Å²) in [7, 11) is -10.6. The van der Waals surface area contributed by atoms with E-state index in [0.717, 1.165) is 37.8 Å². The third-order valence-electron chi connectivity index (χ3n) is 6.98. The number of sulfonamides is 1. The van der Waals surface area contributed by atoms with Crippen molar-refractivity contribution in [2.45, 2.75) is 40.1 Å². The molecule has 0 spiro atoms. The Kier molecular flexibility index (Phi) is 7.94. The molecule has 2 aliphatic rings. The Morgan fingerprint density at radius 3 is 1.94 bits per heavy atom. The highest BCUT2D eigenvalue weighted by Gasteiger charge is 2.33. The molecule has 0 N–H and O–H groups in total. The van der Waals surface area contributed by atoms with Crippen molar-refractivity contribution in [2.75, 3.05) is 51.8 Å². The second-order valence-corrected chi connectivity index (χ2v) is 15.5. The molecule has 198 valence electrons. The third-order valence-corrected chi connectivity index (χ3v) is 11.2. The van der Waals surface area contributed by atoms with Gasteiger partial charge in [-0.15, -0.1) is 0 Å². The van der Waals surface area contributed by atoms with Gasteiger partial charge in [-0.3, -0.25) is 9.80 Å². The van der Waals surface area contributed by atoms with Crippen molar-refractivity contribution in [3.05, 3.63) is 54.1 Å². The predicted octanol–water partition coefficient (Wildman–Crippen LogP) is 1.46. The van der Waals surface area contributed by atoms with Gasteiger partial charge in [-0.2, -0.15) is 4.31 Å². The first-order valence-corrected chi connectivity index (χ1v) is 17.1. The maximum atomic E-state index is 13.1. The van der Waals surface area contributed by atoms with E-state index >= 15 is 0 Å². The topological polar surface area (TPSA) is 112 Å². The Morgan fingerprint density at radius 2 is 1.33 bits per heavy atom. The van der Waals surface area contributed by atoms with Gasteiger partial charge in [0.05, 0.1) is 14.7 Å². The van der Waals surface area contributed by atoms with Crippen LogP contribution in [0.15, 0.2) is 63.2 Å². The Bertz CT molecular complexity index is 1410. The van der Waals surface area contributed by atoms with Crippen LogP contribution in [0, 0.1) is 0 Å². The summed E-state index contributed by atoms with van der Waals surface area (Å²) < 4.78 is 75.6. The van der Waals surface area contributed by atoms with Crippen LogP contribution in [0.3, 0.4) is 0 Å². The van der Waals surface area contributed by atoms with Crippen LogP contribution in [0.2, 0.25) is 0 Å². The van der Waals surface area contributed by atoms with E-state index in [2.05, 4.69) is 9.80 Å². The first kappa shape index (κ1) is 27.2. The van der Waals surface area contributed by atoms with E-state index in [1.165, 1.54) is 34.8 Å². The summed E-state index contributed by atoms with van der Waals surface area (Å²) in [5, 5.41) is 0. The summed E-state index contributed by atoms with van der Waals surface area (Å²) >= 11 is 0. The van der Waals surface area contributed by atoms with Crippen molar-refractivity contribution >= 4 is 29.7 Å². The minimum Gasteiger partial charge on any atom is -0.299 e. The molecule has 2 fully saturated rings. The van der Waals surface area contributed by atoms with Crippen molar-refractivity contribution in [1.82, 2.24) is 14.1 Å². The van der Waals surface area contributed by atoms with E-state index in [1.807, 2.05) is 12.1 Å². The highest BCUT2D eigenvalue weighted by molar-refractivity contribution is 7.91. The highest BCUT2D eigenvalue weighted by atomic mass is 32.2. The summed E-state index contributed by atoms with van der Waals surface area (Å²) in [5.74, 6) is 0. The number of nitrogens with zero attached hydrogens (tertiary/aromatic N) is 3. The highest BCUT2D eigenvalue weighted by Crippen LogP contribution is 2.25. The molecular formula is C24H33N3O6S3. The van der Waals surface area contributed by atoms with Gasteiger partial charge in [0, 0.05) is 51.3 Å². The molecule has 2 aliphatic heterocycles. The summed E-state index contributed by atoms with van der Waals surface area (Å²) in [6.07, 6.45) is 4.17. The fourth-order valence-electron chi connectivity index (χ4n) is 5.00. The van der Waals surface area contributed by atoms with Crippen LogP contribution in [0.25, 0.3) is 0 Å². The standard InChI is InChI=1S/C24H33N3O6S3/c1-34(28,29)22-7-5-8-23(18-22)36(32,33)27-16-14-26(15-17-27)21-10-12-25(13-11-21)19-20-6-3-4-9-24(20)35(2,30)31/h3-9,18,21H,10-17,19H2,1-2H3. The number of piperidine rings is 1. The molecule has 36 heavy (non-hydrogen) atoms. The van der Waals surface area contributed by atoms with Crippen molar-refractivity contribution in [1.29, 1.82) is 0 Å². The minimum absolute atomic E-state index is 0.00144. The maximum Gasteiger partial charge on any atom is 0.243 e. The van der Waals surface area contributed by atoms with Crippen molar-refractivity contribution in [2.24, 2.45) is 0 Å². The number of benzene rings is 2. The fraction of sp³-hybridized carbons (Fsp3) is 0.500. The largest absolute Gasteiger partial charge is 0.299 e. The minimum atomic E-state index is -3.77. The lowest BCUT2D eigenvalue weighted by Crippen LogP contribution is -2.54. The molecule has 0 radical (unpaired) electrons. The van der Waals surface area contributed by atoms with E-state index in [-0.39, 0.29) is 9.79 Å². The zero-order valence-corrected chi connectivity index (χ0v) is 23.0. The van der Waals surface area contributed by atoms with Gasteiger partial charge in [-0.1, -0.05) is 24.3 Å². The van der Waals surface area contributed by atoms with Crippen LogP contribution < -0.4 is 0 Å². The normalized spacial score (nSPS) is 19.9. The van der Waals surface area contributed by atoms with E-state index in [4.69, 9.17) is 0 Å². The van der Waals surface area contributed by atoms with Crippen LogP contribution >= 0.6 is 0 Å². The zero-order chi connectivity index (χ0) is 26.1. The molecule has 0 amide bonds. The number of likely N-dealkylation sites (tertiary alicyclic amines) is 1. The lowest BCUT2D eigenvalue weighted by Gasteiger charge is -2.42. The summed E-state index contributed by atoms with van der Waals surface area (Å²) in [4.78, 5) is 4.98. The Hall–Kier alpha value is -1.83. The molecule has 0 atom stereocenters. The number of sulfone groups is 2. The molecule has 0 aliphatic carbocycles. The van der Waals surface area contributed by atoms with Crippen LogP contribution in [-0.4, -0.2) is 97.2 Å². The van der Waals surface area contributed by atoms with Crippen molar-refractivity contribution in [3.8, 4) is 0 Å². The van der Waals surface area contributed by atoms with Crippen molar-refractivity contribution in [3.63, 3.8) is 0 Å².